The van der Waals surface area contributed by atoms with E-state index in [-0.39, 0.29) is 12.5 Å². The van der Waals surface area contributed by atoms with Crippen molar-refractivity contribution < 1.29 is 15.0 Å². The summed E-state index contributed by atoms with van der Waals surface area (Å²) in [4.78, 5) is 10.9. The van der Waals surface area contributed by atoms with E-state index in [1.54, 1.807) is 0 Å². The SMILES string of the molecule is CCNC(=O)CCNCC(O)CO. The molecule has 0 saturated carbocycles. The van der Waals surface area contributed by atoms with E-state index >= 15 is 0 Å². The first kappa shape index (κ1) is 12.3. The van der Waals surface area contributed by atoms with Gasteiger partial charge in [-0.05, 0) is 6.92 Å². The highest BCUT2D eigenvalue weighted by atomic mass is 16.3. The zero-order chi connectivity index (χ0) is 10.1. The van der Waals surface area contributed by atoms with Crippen LogP contribution >= 0.6 is 0 Å². The Kier molecular flexibility index (Phi) is 7.57. The number of hydrogen-bond donors (Lipinski definition) is 4. The van der Waals surface area contributed by atoms with E-state index in [4.69, 9.17) is 10.2 Å². The Labute approximate surface area is 78.1 Å². The fourth-order valence-electron chi connectivity index (χ4n) is 0.821. The molecule has 0 bridgehead atoms. The average Bonchev–Trinajstić information content (AvgIpc) is 2.12. The van der Waals surface area contributed by atoms with Crippen LogP contribution in [0.5, 0.6) is 0 Å². The molecular formula is C8H18N2O3. The second kappa shape index (κ2) is 7.97. The first-order valence-corrected chi connectivity index (χ1v) is 4.47. The van der Waals surface area contributed by atoms with Gasteiger partial charge in [0.2, 0.25) is 5.91 Å². The van der Waals surface area contributed by atoms with Gasteiger partial charge in [0, 0.05) is 26.1 Å². The summed E-state index contributed by atoms with van der Waals surface area (Å²) in [6.45, 7) is 3.08. The van der Waals surface area contributed by atoms with Crippen LogP contribution < -0.4 is 10.6 Å². The Morgan fingerprint density at radius 2 is 2.23 bits per heavy atom. The Morgan fingerprint density at radius 3 is 2.77 bits per heavy atom. The lowest BCUT2D eigenvalue weighted by atomic mass is 10.3. The summed E-state index contributed by atoms with van der Waals surface area (Å²) in [7, 11) is 0. The molecule has 1 atom stereocenters. The van der Waals surface area contributed by atoms with Crippen LogP contribution in [-0.4, -0.2) is 48.5 Å². The number of carbonyl (C=O) groups is 1. The van der Waals surface area contributed by atoms with Gasteiger partial charge in [-0.15, -0.1) is 0 Å². The van der Waals surface area contributed by atoms with E-state index < -0.39 is 6.10 Å². The molecule has 5 nitrogen and oxygen atoms in total. The zero-order valence-electron chi connectivity index (χ0n) is 7.92. The summed E-state index contributed by atoms with van der Waals surface area (Å²) < 4.78 is 0. The highest BCUT2D eigenvalue weighted by Gasteiger charge is 2.01. The summed E-state index contributed by atoms with van der Waals surface area (Å²) in [5, 5.41) is 22.9. The minimum Gasteiger partial charge on any atom is -0.394 e. The second-order valence-corrected chi connectivity index (χ2v) is 2.74. The molecule has 0 radical (unpaired) electrons. The lowest BCUT2D eigenvalue weighted by molar-refractivity contribution is -0.120. The lowest BCUT2D eigenvalue weighted by Crippen LogP contribution is -2.33. The minimum atomic E-state index is -0.741. The van der Waals surface area contributed by atoms with Gasteiger partial charge >= 0.3 is 0 Å². The van der Waals surface area contributed by atoms with Crippen molar-refractivity contribution in [1.29, 1.82) is 0 Å². The fourth-order valence-corrected chi connectivity index (χ4v) is 0.821. The number of aliphatic hydroxyl groups excluding tert-OH is 2. The van der Waals surface area contributed by atoms with Crippen LogP contribution in [0.3, 0.4) is 0 Å². The number of aliphatic hydroxyl groups is 2. The monoisotopic (exact) mass is 190 g/mol. The van der Waals surface area contributed by atoms with Crippen molar-refractivity contribution in [1.82, 2.24) is 10.6 Å². The summed E-state index contributed by atoms with van der Waals surface area (Å²) in [5.41, 5.74) is 0. The first-order chi connectivity index (χ1) is 6.20. The number of carbonyl (C=O) groups excluding carboxylic acids is 1. The zero-order valence-corrected chi connectivity index (χ0v) is 7.92. The molecule has 13 heavy (non-hydrogen) atoms. The predicted octanol–water partition coefficient (Wildman–Crippen LogP) is -1.54. The van der Waals surface area contributed by atoms with Crippen LogP contribution in [0.2, 0.25) is 0 Å². The van der Waals surface area contributed by atoms with Gasteiger partial charge in [0.25, 0.3) is 0 Å². The van der Waals surface area contributed by atoms with Crippen molar-refractivity contribution in [2.75, 3.05) is 26.2 Å². The molecule has 1 amide bonds. The maximum atomic E-state index is 10.9. The molecule has 0 saturated heterocycles. The quantitative estimate of drug-likeness (QED) is 0.367. The van der Waals surface area contributed by atoms with Gasteiger partial charge in [0.05, 0.1) is 12.7 Å². The molecule has 78 valence electrons. The average molecular weight is 190 g/mol. The molecule has 0 spiro atoms. The number of hydrogen-bond acceptors (Lipinski definition) is 4. The Morgan fingerprint density at radius 1 is 1.54 bits per heavy atom. The molecule has 0 aromatic heterocycles. The minimum absolute atomic E-state index is 0.00603. The molecule has 0 rings (SSSR count). The van der Waals surface area contributed by atoms with Gasteiger partial charge in [-0.25, -0.2) is 0 Å². The van der Waals surface area contributed by atoms with Gasteiger partial charge in [0.15, 0.2) is 0 Å². The van der Waals surface area contributed by atoms with Crippen LogP contribution in [0.15, 0.2) is 0 Å². The van der Waals surface area contributed by atoms with Gasteiger partial charge in [0.1, 0.15) is 0 Å². The standard InChI is InChI=1S/C8H18N2O3/c1-2-10-8(13)3-4-9-5-7(12)6-11/h7,9,11-12H,2-6H2,1H3,(H,10,13). The second-order valence-electron chi connectivity index (χ2n) is 2.74. The van der Waals surface area contributed by atoms with Crippen molar-refractivity contribution in [2.24, 2.45) is 0 Å². The topological polar surface area (TPSA) is 81.6 Å². The number of amides is 1. The lowest BCUT2D eigenvalue weighted by Gasteiger charge is -2.08. The smallest absolute Gasteiger partial charge is 0.221 e. The molecule has 0 aromatic carbocycles. The maximum Gasteiger partial charge on any atom is 0.221 e. The molecule has 0 aliphatic rings. The van der Waals surface area contributed by atoms with Crippen molar-refractivity contribution >= 4 is 5.91 Å². The molecule has 4 N–H and O–H groups in total. The molecular weight excluding hydrogens is 172 g/mol. The summed E-state index contributed by atoms with van der Waals surface area (Å²) in [6.07, 6.45) is -0.347. The van der Waals surface area contributed by atoms with Crippen LogP contribution in [0, 0.1) is 0 Å². The third-order valence-electron chi connectivity index (χ3n) is 1.49. The van der Waals surface area contributed by atoms with E-state index in [1.807, 2.05) is 6.92 Å². The Hall–Kier alpha value is -0.650. The highest BCUT2D eigenvalue weighted by molar-refractivity contribution is 5.75. The van der Waals surface area contributed by atoms with Crippen molar-refractivity contribution in [2.45, 2.75) is 19.4 Å². The third kappa shape index (κ3) is 7.70. The first-order valence-electron chi connectivity index (χ1n) is 4.47. The van der Waals surface area contributed by atoms with E-state index in [9.17, 15) is 4.79 Å². The van der Waals surface area contributed by atoms with Gasteiger partial charge in [-0.3, -0.25) is 4.79 Å². The van der Waals surface area contributed by atoms with Gasteiger partial charge in [-0.2, -0.15) is 0 Å². The van der Waals surface area contributed by atoms with Crippen LogP contribution in [0.4, 0.5) is 0 Å². The third-order valence-corrected chi connectivity index (χ3v) is 1.49. The number of nitrogens with one attached hydrogen (secondary N) is 2. The van der Waals surface area contributed by atoms with E-state index in [0.29, 0.717) is 26.1 Å². The van der Waals surface area contributed by atoms with E-state index in [1.165, 1.54) is 0 Å². The highest BCUT2D eigenvalue weighted by Crippen LogP contribution is 1.79. The van der Waals surface area contributed by atoms with E-state index in [0.717, 1.165) is 0 Å². The van der Waals surface area contributed by atoms with E-state index in [2.05, 4.69) is 10.6 Å². The molecule has 1 unspecified atom stereocenters. The predicted molar refractivity (Wildman–Crippen MR) is 49.3 cm³/mol. The van der Waals surface area contributed by atoms with Gasteiger partial charge in [-0.1, -0.05) is 0 Å². The Bertz CT molecular complexity index is 141. The number of rotatable bonds is 7. The van der Waals surface area contributed by atoms with Gasteiger partial charge < -0.3 is 20.8 Å². The summed E-state index contributed by atoms with van der Waals surface area (Å²) >= 11 is 0. The largest absolute Gasteiger partial charge is 0.394 e. The van der Waals surface area contributed by atoms with Crippen molar-refractivity contribution in [3.8, 4) is 0 Å². The molecule has 5 heteroatoms. The summed E-state index contributed by atoms with van der Waals surface area (Å²) in [6, 6.07) is 0. The van der Waals surface area contributed by atoms with Crippen molar-refractivity contribution in [3.63, 3.8) is 0 Å². The van der Waals surface area contributed by atoms with Crippen LogP contribution in [-0.2, 0) is 4.79 Å². The molecule has 0 fully saturated rings. The fraction of sp³-hybridized carbons (Fsp3) is 0.875. The Balaban J connectivity index is 3.20. The maximum absolute atomic E-state index is 10.9. The normalized spacial score (nSPS) is 12.5. The van der Waals surface area contributed by atoms with Crippen LogP contribution in [0.25, 0.3) is 0 Å². The van der Waals surface area contributed by atoms with Crippen molar-refractivity contribution in [3.05, 3.63) is 0 Å². The molecule has 0 heterocycles. The molecule has 0 aliphatic heterocycles. The molecule has 0 aromatic rings. The summed E-state index contributed by atoms with van der Waals surface area (Å²) in [5.74, 6) is -0.00603. The van der Waals surface area contributed by atoms with Crippen LogP contribution in [0.1, 0.15) is 13.3 Å². The molecule has 0 aliphatic carbocycles.